The monoisotopic (exact) mass is 277 g/mol. The number of morpholine rings is 1. The number of hydrogen-bond acceptors (Lipinski definition) is 2. The summed E-state index contributed by atoms with van der Waals surface area (Å²) in [7, 11) is 0. The Hall–Kier alpha value is -1.39. The minimum absolute atomic E-state index is 0.0787. The maximum absolute atomic E-state index is 12.2. The normalized spacial score (nSPS) is 26.3. The molecule has 1 aromatic rings. The van der Waals surface area contributed by atoms with Gasteiger partial charge in [0.15, 0.2) is 6.54 Å². The molecular weight excluding hydrogens is 252 g/mol. The Morgan fingerprint density at radius 3 is 2.60 bits per heavy atom. The van der Waals surface area contributed by atoms with Gasteiger partial charge in [0, 0.05) is 5.69 Å². The van der Waals surface area contributed by atoms with Crippen LogP contribution < -0.4 is 10.2 Å². The molecule has 1 saturated heterocycles. The predicted molar refractivity (Wildman–Crippen MR) is 80.1 cm³/mol. The molecule has 4 heteroatoms. The Morgan fingerprint density at radius 1 is 1.30 bits per heavy atom. The van der Waals surface area contributed by atoms with Crippen LogP contribution in [0.2, 0.25) is 0 Å². The van der Waals surface area contributed by atoms with Crippen molar-refractivity contribution in [3.05, 3.63) is 29.3 Å². The highest BCUT2D eigenvalue weighted by atomic mass is 16.5. The number of carbonyl (C=O) groups is 1. The van der Waals surface area contributed by atoms with E-state index in [1.165, 1.54) is 10.5 Å². The van der Waals surface area contributed by atoms with Gasteiger partial charge in [0.1, 0.15) is 25.3 Å². The molecule has 2 atom stereocenters. The maximum atomic E-state index is 12.2. The summed E-state index contributed by atoms with van der Waals surface area (Å²) in [6, 6.07) is 5.99. The van der Waals surface area contributed by atoms with Crippen LogP contribution in [-0.4, -0.2) is 37.7 Å². The number of quaternary nitrogens is 1. The molecule has 4 nitrogen and oxygen atoms in total. The van der Waals surface area contributed by atoms with Crippen LogP contribution in [0.5, 0.6) is 0 Å². The van der Waals surface area contributed by atoms with E-state index in [-0.39, 0.29) is 18.1 Å². The highest BCUT2D eigenvalue weighted by Gasteiger charge is 2.27. The summed E-state index contributed by atoms with van der Waals surface area (Å²) in [5, 5.41) is 3.03. The number of rotatable bonds is 3. The molecule has 0 aliphatic carbocycles. The maximum Gasteiger partial charge on any atom is 0.279 e. The molecule has 2 rings (SSSR count). The van der Waals surface area contributed by atoms with E-state index in [2.05, 4.69) is 32.2 Å². The van der Waals surface area contributed by atoms with Gasteiger partial charge in [-0.1, -0.05) is 12.1 Å². The van der Waals surface area contributed by atoms with Crippen LogP contribution in [0.15, 0.2) is 18.2 Å². The van der Waals surface area contributed by atoms with E-state index in [9.17, 15) is 4.79 Å². The van der Waals surface area contributed by atoms with Crippen molar-refractivity contribution in [2.75, 3.05) is 25.0 Å². The van der Waals surface area contributed by atoms with Gasteiger partial charge in [0.2, 0.25) is 0 Å². The predicted octanol–water partition coefficient (Wildman–Crippen LogP) is 0.934. The van der Waals surface area contributed by atoms with Crippen molar-refractivity contribution >= 4 is 11.6 Å². The van der Waals surface area contributed by atoms with Gasteiger partial charge in [-0.3, -0.25) is 4.79 Å². The van der Waals surface area contributed by atoms with Crippen LogP contribution in [0.4, 0.5) is 5.69 Å². The second-order valence-corrected chi connectivity index (χ2v) is 5.89. The van der Waals surface area contributed by atoms with E-state index in [1.54, 1.807) is 0 Å². The second kappa shape index (κ2) is 6.37. The number of carbonyl (C=O) groups excluding carboxylic acids is 1. The molecule has 20 heavy (non-hydrogen) atoms. The van der Waals surface area contributed by atoms with Gasteiger partial charge < -0.3 is 15.0 Å². The van der Waals surface area contributed by atoms with Crippen LogP contribution >= 0.6 is 0 Å². The number of nitrogens with one attached hydrogen (secondary N) is 2. The van der Waals surface area contributed by atoms with Crippen molar-refractivity contribution < 1.29 is 14.4 Å². The first-order chi connectivity index (χ1) is 9.45. The molecule has 0 bridgehead atoms. The molecule has 110 valence electrons. The fraction of sp³-hybridized carbons (Fsp3) is 0.562. The number of anilines is 1. The van der Waals surface area contributed by atoms with Gasteiger partial charge in [-0.15, -0.1) is 0 Å². The molecule has 0 radical (unpaired) electrons. The van der Waals surface area contributed by atoms with Crippen molar-refractivity contribution in [1.82, 2.24) is 0 Å². The van der Waals surface area contributed by atoms with Crippen molar-refractivity contribution in [1.29, 1.82) is 0 Å². The molecule has 1 fully saturated rings. The molecule has 1 heterocycles. The van der Waals surface area contributed by atoms with E-state index >= 15 is 0 Å². The fourth-order valence-corrected chi connectivity index (χ4v) is 2.84. The van der Waals surface area contributed by atoms with Crippen molar-refractivity contribution in [2.45, 2.75) is 39.9 Å². The molecule has 0 aromatic heterocycles. The van der Waals surface area contributed by atoms with Crippen LogP contribution in [0.3, 0.4) is 0 Å². The van der Waals surface area contributed by atoms with Crippen LogP contribution in [-0.2, 0) is 9.53 Å². The Balaban J connectivity index is 1.94. The molecule has 1 aliphatic rings. The number of amides is 1. The summed E-state index contributed by atoms with van der Waals surface area (Å²) in [5.41, 5.74) is 3.26. The average Bonchev–Trinajstić information content (AvgIpc) is 2.33. The Bertz CT molecular complexity index is 477. The SMILES string of the molecule is Cc1cccc(NC(=O)C[NH+]2C[C@@H](C)O[C@H](C)C2)c1C. The standard InChI is InChI=1S/C16H24N2O2/c1-11-6-5-7-15(14(11)4)17-16(19)10-18-8-12(2)20-13(3)9-18/h5-7,12-13H,8-10H2,1-4H3,(H,17,19)/p+1/t12-,13-/m1/s1. The molecule has 0 saturated carbocycles. The molecule has 1 aliphatic heterocycles. The van der Waals surface area contributed by atoms with Crippen molar-refractivity contribution in [3.63, 3.8) is 0 Å². The molecule has 0 spiro atoms. The summed E-state index contributed by atoms with van der Waals surface area (Å²) in [5.74, 6) is 0.0787. The number of benzene rings is 1. The van der Waals surface area contributed by atoms with Gasteiger partial charge >= 0.3 is 0 Å². The minimum atomic E-state index is 0.0787. The van der Waals surface area contributed by atoms with Crippen molar-refractivity contribution in [2.24, 2.45) is 0 Å². The molecule has 0 unspecified atom stereocenters. The summed E-state index contributed by atoms with van der Waals surface area (Å²) in [4.78, 5) is 13.5. The Kier molecular flexibility index (Phi) is 4.78. The van der Waals surface area contributed by atoms with Gasteiger partial charge in [0.05, 0.1) is 0 Å². The third kappa shape index (κ3) is 3.81. The second-order valence-electron chi connectivity index (χ2n) is 5.89. The zero-order valence-electron chi connectivity index (χ0n) is 12.8. The van der Waals surface area contributed by atoms with Crippen LogP contribution in [0, 0.1) is 13.8 Å². The zero-order chi connectivity index (χ0) is 14.7. The van der Waals surface area contributed by atoms with Crippen molar-refractivity contribution in [3.8, 4) is 0 Å². The summed E-state index contributed by atoms with van der Waals surface area (Å²) in [6.07, 6.45) is 0.449. The van der Waals surface area contributed by atoms with Crippen LogP contribution in [0.25, 0.3) is 0 Å². The van der Waals surface area contributed by atoms with Gasteiger partial charge in [0.25, 0.3) is 5.91 Å². The Morgan fingerprint density at radius 2 is 1.95 bits per heavy atom. The first-order valence-corrected chi connectivity index (χ1v) is 7.30. The van der Waals surface area contributed by atoms with E-state index in [0.717, 1.165) is 24.3 Å². The molecular formula is C16H25N2O2+. The first-order valence-electron chi connectivity index (χ1n) is 7.30. The number of ether oxygens (including phenoxy) is 1. The zero-order valence-corrected chi connectivity index (χ0v) is 12.8. The summed E-state index contributed by atoms with van der Waals surface area (Å²) in [6.45, 7) is 10.5. The van der Waals surface area contributed by atoms with Gasteiger partial charge in [-0.2, -0.15) is 0 Å². The quantitative estimate of drug-likeness (QED) is 0.863. The third-order valence-electron chi connectivity index (χ3n) is 3.91. The smallest absolute Gasteiger partial charge is 0.279 e. The topological polar surface area (TPSA) is 42.8 Å². The van der Waals surface area contributed by atoms with E-state index < -0.39 is 0 Å². The highest BCUT2D eigenvalue weighted by Crippen LogP contribution is 2.17. The summed E-state index contributed by atoms with van der Waals surface area (Å²) >= 11 is 0. The average molecular weight is 277 g/mol. The number of hydrogen-bond donors (Lipinski definition) is 2. The lowest BCUT2D eigenvalue weighted by molar-refractivity contribution is -0.907. The molecule has 2 N–H and O–H groups in total. The summed E-state index contributed by atoms with van der Waals surface area (Å²) < 4.78 is 5.70. The highest BCUT2D eigenvalue weighted by molar-refractivity contribution is 5.92. The molecule has 1 aromatic carbocycles. The van der Waals surface area contributed by atoms with E-state index in [4.69, 9.17) is 4.74 Å². The fourth-order valence-electron chi connectivity index (χ4n) is 2.84. The van der Waals surface area contributed by atoms with E-state index in [1.807, 2.05) is 19.1 Å². The molecule has 1 amide bonds. The largest absolute Gasteiger partial charge is 0.364 e. The van der Waals surface area contributed by atoms with E-state index in [0.29, 0.717) is 6.54 Å². The Labute approximate surface area is 121 Å². The van der Waals surface area contributed by atoms with Gasteiger partial charge in [-0.05, 0) is 44.9 Å². The van der Waals surface area contributed by atoms with Gasteiger partial charge in [-0.25, -0.2) is 0 Å². The minimum Gasteiger partial charge on any atom is -0.364 e. The lowest BCUT2D eigenvalue weighted by Crippen LogP contribution is -3.16. The first kappa shape index (κ1) is 15.0. The third-order valence-corrected chi connectivity index (χ3v) is 3.91. The lowest BCUT2D eigenvalue weighted by Gasteiger charge is -2.31. The number of aryl methyl sites for hydroxylation is 1. The van der Waals surface area contributed by atoms with Crippen LogP contribution in [0.1, 0.15) is 25.0 Å². The lowest BCUT2D eigenvalue weighted by atomic mass is 10.1.